The Kier molecular flexibility index (Phi) is 9.11. The van der Waals surface area contributed by atoms with Crippen molar-refractivity contribution in [3.05, 3.63) is 83.9 Å². The Bertz CT molecular complexity index is 1210. The molecule has 0 aliphatic carbocycles. The van der Waals surface area contributed by atoms with E-state index in [2.05, 4.69) is 5.32 Å². The number of nitrogens with zero attached hydrogens (tertiary/aromatic N) is 1. The molecule has 0 spiro atoms. The molecule has 0 heterocycles. The Hall–Kier alpha value is -3.56. The maximum Gasteiger partial charge on any atom is 0.243 e. The highest BCUT2D eigenvalue weighted by molar-refractivity contribution is 7.89. The number of hydrogen-bond donors (Lipinski definition) is 1. The molecule has 1 amide bonds. The van der Waals surface area contributed by atoms with Gasteiger partial charge in [-0.3, -0.25) is 4.79 Å². The first-order valence-electron chi connectivity index (χ1n) is 11.0. The number of sulfonamides is 1. The highest BCUT2D eigenvalue weighted by atomic mass is 32.2. The number of rotatable bonds is 12. The van der Waals surface area contributed by atoms with Gasteiger partial charge in [-0.25, -0.2) is 8.42 Å². The van der Waals surface area contributed by atoms with Crippen molar-refractivity contribution in [1.29, 1.82) is 0 Å². The summed E-state index contributed by atoms with van der Waals surface area (Å²) >= 11 is 0. The van der Waals surface area contributed by atoms with Gasteiger partial charge in [0.15, 0.2) is 11.5 Å². The average Bonchev–Trinajstić information content (AvgIpc) is 2.88. The number of nitrogens with one attached hydrogen (secondary N) is 1. The van der Waals surface area contributed by atoms with Crippen molar-refractivity contribution in [2.75, 3.05) is 34.4 Å². The molecular weight excluding hydrogens is 468 g/mol. The van der Waals surface area contributed by atoms with Crippen LogP contribution in [0.25, 0.3) is 0 Å². The highest BCUT2D eigenvalue weighted by Crippen LogP contribution is 2.31. The van der Waals surface area contributed by atoms with Crippen molar-refractivity contribution in [2.45, 2.75) is 17.9 Å². The summed E-state index contributed by atoms with van der Waals surface area (Å²) in [5, 5.41) is 2.82. The maximum absolute atomic E-state index is 13.5. The summed E-state index contributed by atoms with van der Waals surface area (Å²) in [5.41, 5.74) is 1.80. The fourth-order valence-corrected chi connectivity index (χ4v) is 4.89. The lowest BCUT2D eigenvalue weighted by atomic mass is 10.1. The zero-order valence-corrected chi connectivity index (χ0v) is 20.9. The van der Waals surface area contributed by atoms with Crippen molar-refractivity contribution < 1.29 is 27.4 Å². The number of hydrogen-bond acceptors (Lipinski definition) is 6. The summed E-state index contributed by atoms with van der Waals surface area (Å²) in [6.07, 6.45) is 0.608. The number of amides is 1. The molecule has 0 aromatic heterocycles. The van der Waals surface area contributed by atoms with Gasteiger partial charge >= 0.3 is 0 Å². The number of benzene rings is 3. The zero-order chi connectivity index (χ0) is 25.3. The lowest BCUT2D eigenvalue weighted by molar-refractivity contribution is -0.121. The van der Waals surface area contributed by atoms with Crippen LogP contribution in [0.4, 0.5) is 0 Å². The van der Waals surface area contributed by atoms with Crippen LogP contribution in [0, 0.1) is 0 Å². The van der Waals surface area contributed by atoms with E-state index in [0.717, 1.165) is 21.2 Å². The summed E-state index contributed by atoms with van der Waals surface area (Å²) in [5.74, 6) is 1.07. The Morgan fingerprint density at radius 1 is 0.829 bits per heavy atom. The van der Waals surface area contributed by atoms with E-state index < -0.39 is 15.9 Å². The van der Waals surface area contributed by atoms with Crippen molar-refractivity contribution in [3.63, 3.8) is 0 Å². The average molecular weight is 499 g/mol. The van der Waals surface area contributed by atoms with Gasteiger partial charge in [0.2, 0.25) is 15.9 Å². The molecule has 1 N–H and O–H groups in total. The molecule has 3 aromatic rings. The molecule has 3 aromatic carbocycles. The third-order valence-corrected chi connectivity index (χ3v) is 7.20. The van der Waals surface area contributed by atoms with Gasteiger partial charge in [-0.05, 0) is 41.8 Å². The first kappa shape index (κ1) is 26.1. The molecule has 186 valence electrons. The van der Waals surface area contributed by atoms with Gasteiger partial charge in [0.1, 0.15) is 5.75 Å². The van der Waals surface area contributed by atoms with Gasteiger partial charge in [0, 0.05) is 19.2 Å². The smallest absolute Gasteiger partial charge is 0.243 e. The molecule has 0 saturated carbocycles. The van der Waals surface area contributed by atoms with Gasteiger partial charge < -0.3 is 19.5 Å². The molecule has 0 fully saturated rings. The van der Waals surface area contributed by atoms with Crippen molar-refractivity contribution in [3.8, 4) is 17.2 Å². The molecule has 35 heavy (non-hydrogen) atoms. The second-order valence-electron chi connectivity index (χ2n) is 7.72. The Labute approximate surface area is 206 Å². The normalized spacial score (nSPS) is 11.2. The van der Waals surface area contributed by atoms with Gasteiger partial charge in [-0.15, -0.1) is 0 Å². The summed E-state index contributed by atoms with van der Waals surface area (Å²) in [4.78, 5) is 12.8. The number of ether oxygens (including phenoxy) is 3. The van der Waals surface area contributed by atoms with Crippen molar-refractivity contribution in [1.82, 2.24) is 9.62 Å². The minimum absolute atomic E-state index is 0.0112. The number of carbonyl (C=O) groups is 1. The van der Waals surface area contributed by atoms with E-state index in [1.165, 1.54) is 32.4 Å². The zero-order valence-electron chi connectivity index (χ0n) is 20.1. The molecule has 3 rings (SSSR count). The quantitative estimate of drug-likeness (QED) is 0.412. The van der Waals surface area contributed by atoms with Crippen LogP contribution in [0.1, 0.15) is 11.1 Å². The first-order chi connectivity index (χ1) is 16.9. The van der Waals surface area contributed by atoms with Crippen LogP contribution < -0.4 is 19.5 Å². The lowest BCUT2D eigenvalue weighted by Gasteiger charge is -2.22. The second-order valence-corrected chi connectivity index (χ2v) is 9.66. The summed E-state index contributed by atoms with van der Waals surface area (Å²) in [6, 6.07) is 21.1. The van der Waals surface area contributed by atoms with Gasteiger partial charge in [0.05, 0.1) is 32.8 Å². The molecule has 9 heteroatoms. The molecule has 0 aliphatic heterocycles. The van der Waals surface area contributed by atoms with E-state index in [-0.39, 0.29) is 23.7 Å². The minimum Gasteiger partial charge on any atom is -0.497 e. The number of carbonyl (C=O) groups excluding carboxylic acids is 1. The Morgan fingerprint density at radius 3 is 2.14 bits per heavy atom. The second kappa shape index (κ2) is 12.2. The minimum atomic E-state index is -4.01. The fraction of sp³-hybridized carbons (Fsp3) is 0.269. The van der Waals surface area contributed by atoms with Gasteiger partial charge in [-0.2, -0.15) is 4.31 Å². The van der Waals surface area contributed by atoms with E-state index >= 15 is 0 Å². The van der Waals surface area contributed by atoms with Crippen LogP contribution in [0.2, 0.25) is 0 Å². The van der Waals surface area contributed by atoms with Crippen LogP contribution in [-0.2, 0) is 27.8 Å². The van der Waals surface area contributed by atoms with Crippen LogP contribution in [0.15, 0.2) is 77.7 Å². The summed E-state index contributed by atoms with van der Waals surface area (Å²) in [7, 11) is 0.503. The standard InChI is InChI=1S/C26H30N2O6S/c1-32-22-11-9-20(10-12-22)15-16-27-26(29)19-28(18-21-7-5-4-6-8-21)35(30,31)23-13-14-24(33-2)25(17-23)34-3/h4-14,17H,15-16,18-19H2,1-3H3,(H,27,29). The third-order valence-electron chi connectivity index (χ3n) is 5.41. The van der Waals surface area contributed by atoms with Crippen LogP contribution in [-0.4, -0.2) is 53.0 Å². The molecule has 8 nitrogen and oxygen atoms in total. The van der Waals surface area contributed by atoms with E-state index in [1.807, 2.05) is 54.6 Å². The molecule has 0 saturated heterocycles. The predicted octanol–water partition coefficient (Wildman–Crippen LogP) is 3.26. The van der Waals surface area contributed by atoms with Crippen molar-refractivity contribution in [2.24, 2.45) is 0 Å². The third kappa shape index (κ3) is 6.97. The largest absolute Gasteiger partial charge is 0.497 e. The summed E-state index contributed by atoms with van der Waals surface area (Å²) in [6.45, 7) is 0.0956. The van der Waals surface area contributed by atoms with Crippen LogP contribution >= 0.6 is 0 Å². The van der Waals surface area contributed by atoms with Gasteiger partial charge in [0.25, 0.3) is 0 Å². The monoisotopic (exact) mass is 498 g/mol. The Balaban J connectivity index is 1.75. The van der Waals surface area contributed by atoms with Gasteiger partial charge in [-0.1, -0.05) is 42.5 Å². The molecule has 0 unspecified atom stereocenters. The molecule has 0 atom stereocenters. The fourth-order valence-electron chi connectivity index (χ4n) is 3.49. The molecular formula is C26H30N2O6S. The van der Waals surface area contributed by atoms with E-state index in [4.69, 9.17) is 14.2 Å². The van der Waals surface area contributed by atoms with Crippen LogP contribution in [0.5, 0.6) is 17.2 Å². The topological polar surface area (TPSA) is 94.2 Å². The molecule has 0 radical (unpaired) electrons. The molecule has 0 aliphatic rings. The SMILES string of the molecule is COc1ccc(CCNC(=O)CN(Cc2ccccc2)S(=O)(=O)c2ccc(OC)c(OC)c2)cc1. The number of methoxy groups -OCH3 is 3. The van der Waals surface area contributed by atoms with Crippen molar-refractivity contribution >= 4 is 15.9 Å². The summed E-state index contributed by atoms with van der Waals surface area (Å²) < 4.78 is 43.9. The van der Waals surface area contributed by atoms with E-state index in [0.29, 0.717) is 18.7 Å². The van der Waals surface area contributed by atoms with E-state index in [9.17, 15) is 13.2 Å². The maximum atomic E-state index is 13.5. The lowest BCUT2D eigenvalue weighted by Crippen LogP contribution is -2.40. The highest BCUT2D eigenvalue weighted by Gasteiger charge is 2.28. The molecule has 0 bridgehead atoms. The predicted molar refractivity (Wildman–Crippen MR) is 133 cm³/mol. The van der Waals surface area contributed by atoms with E-state index in [1.54, 1.807) is 7.11 Å². The first-order valence-corrected chi connectivity index (χ1v) is 12.5. The van der Waals surface area contributed by atoms with Crippen LogP contribution in [0.3, 0.4) is 0 Å². The Morgan fingerprint density at radius 2 is 1.51 bits per heavy atom.